The molecule has 2 amide bonds. The van der Waals surface area contributed by atoms with Gasteiger partial charge in [0.15, 0.2) is 0 Å². The highest BCUT2D eigenvalue weighted by Crippen LogP contribution is 2.40. The third kappa shape index (κ3) is 4.51. The average Bonchev–Trinajstić information content (AvgIpc) is 3.18. The normalized spacial score (nSPS) is 21.1. The molecule has 1 atom stereocenters. The van der Waals surface area contributed by atoms with Crippen LogP contribution in [0.5, 0.6) is 0 Å². The number of aromatic nitrogens is 2. The average molecular weight is 376 g/mol. The fraction of sp³-hybridized carbons (Fsp3) is 0.750. The molecule has 0 saturated carbocycles. The van der Waals surface area contributed by atoms with Crippen molar-refractivity contribution in [1.29, 1.82) is 0 Å². The van der Waals surface area contributed by atoms with Gasteiger partial charge in [-0.3, -0.25) is 14.3 Å². The molecule has 1 spiro atoms. The van der Waals surface area contributed by atoms with E-state index >= 15 is 0 Å². The van der Waals surface area contributed by atoms with Crippen molar-refractivity contribution >= 4 is 11.8 Å². The minimum atomic E-state index is -0.210. The van der Waals surface area contributed by atoms with Gasteiger partial charge in [0.25, 0.3) is 0 Å². The molecule has 0 bridgehead atoms. The molecule has 3 rings (SSSR count). The minimum absolute atomic E-state index is 0.174. The number of amides is 2. The smallest absolute Gasteiger partial charge is 0.247 e. The van der Waals surface area contributed by atoms with E-state index in [0.717, 1.165) is 58.4 Å². The predicted molar refractivity (Wildman–Crippen MR) is 104 cm³/mol. The van der Waals surface area contributed by atoms with Gasteiger partial charge in [0.2, 0.25) is 11.8 Å². The van der Waals surface area contributed by atoms with Crippen LogP contribution in [-0.4, -0.2) is 83.1 Å². The number of nitrogens with zero attached hydrogens (tertiary/aromatic N) is 5. The molecule has 0 aromatic carbocycles. The first kappa shape index (κ1) is 19.9. The van der Waals surface area contributed by atoms with Crippen LogP contribution in [-0.2, 0) is 9.59 Å². The van der Waals surface area contributed by atoms with Gasteiger partial charge in [-0.25, -0.2) is 0 Å². The summed E-state index contributed by atoms with van der Waals surface area (Å²) in [6, 6.07) is 1.65. The Morgan fingerprint density at radius 2 is 2.04 bits per heavy atom. The van der Waals surface area contributed by atoms with Crippen molar-refractivity contribution in [1.82, 2.24) is 24.5 Å². The van der Waals surface area contributed by atoms with E-state index in [-0.39, 0.29) is 23.3 Å². The van der Waals surface area contributed by atoms with Gasteiger partial charge in [0, 0.05) is 51.5 Å². The maximum Gasteiger partial charge on any atom is 0.247 e. The van der Waals surface area contributed by atoms with E-state index in [0.29, 0.717) is 6.42 Å². The number of likely N-dealkylation sites (tertiary alicyclic amines) is 2. The molecule has 2 fully saturated rings. The zero-order valence-electron chi connectivity index (χ0n) is 16.9. The molecule has 1 aromatic heterocycles. The molecule has 2 saturated heterocycles. The first-order valence-electron chi connectivity index (χ1n) is 10.1. The Kier molecular flexibility index (Phi) is 6.19. The summed E-state index contributed by atoms with van der Waals surface area (Å²) in [5.41, 5.74) is 0.185. The molecule has 27 heavy (non-hydrogen) atoms. The summed E-state index contributed by atoms with van der Waals surface area (Å²) in [5.74, 6) is 0.457. The maximum atomic E-state index is 13.0. The van der Waals surface area contributed by atoms with Crippen LogP contribution in [0, 0.1) is 5.41 Å². The van der Waals surface area contributed by atoms with Crippen LogP contribution in [0.4, 0.5) is 0 Å². The van der Waals surface area contributed by atoms with Crippen LogP contribution in [0.25, 0.3) is 0 Å². The molecule has 0 N–H and O–H groups in total. The van der Waals surface area contributed by atoms with Gasteiger partial charge in [-0.05, 0) is 51.3 Å². The van der Waals surface area contributed by atoms with Crippen LogP contribution in [0.3, 0.4) is 0 Å². The second-order valence-corrected chi connectivity index (χ2v) is 8.35. The Labute approximate surface area is 162 Å². The monoisotopic (exact) mass is 375 g/mol. The number of hydrogen-bond acceptors (Lipinski definition) is 4. The third-order valence-corrected chi connectivity index (χ3v) is 6.22. The first-order chi connectivity index (χ1) is 12.9. The maximum absolute atomic E-state index is 13.0. The number of likely N-dealkylation sites (N-methyl/N-ethyl adjacent to an activating group) is 1. The number of rotatable bonds is 6. The number of carbonyl (C=O) groups is 2. The van der Waals surface area contributed by atoms with Crippen molar-refractivity contribution in [3.63, 3.8) is 0 Å². The van der Waals surface area contributed by atoms with E-state index < -0.39 is 0 Å². The van der Waals surface area contributed by atoms with Gasteiger partial charge in [0.05, 0.1) is 0 Å². The van der Waals surface area contributed by atoms with Crippen LogP contribution in [0.15, 0.2) is 18.5 Å². The van der Waals surface area contributed by atoms with E-state index in [1.807, 2.05) is 43.1 Å². The fourth-order valence-electron chi connectivity index (χ4n) is 4.39. The Hall–Kier alpha value is -1.89. The Morgan fingerprint density at radius 1 is 1.30 bits per heavy atom. The summed E-state index contributed by atoms with van der Waals surface area (Å²) >= 11 is 0. The summed E-state index contributed by atoms with van der Waals surface area (Å²) in [4.78, 5) is 31.4. The largest absolute Gasteiger partial charge is 0.341 e. The molecule has 0 aliphatic carbocycles. The third-order valence-electron chi connectivity index (χ3n) is 6.22. The lowest BCUT2D eigenvalue weighted by Crippen LogP contribution is -2.54. The summed E-state index contributed by atoms with van der Waals surface area (Å²) in [6.45, 7) is 6.14. The van der Waals surface area contributed by atoms with E-state index in [1.165, 1.54) is 0 Å². The van der Waals surface area contributed by atoms with Crippen molar-refractivity contribution < 1.29 is 9.59 Å². The molecule has 2 aliphatic rings. The van der Waals surface area contributed by atoms with Gasteiger partial charge in [-0.2, -0.15) is 5.10 Å². The molecule has 150 valence electrons. The summed E-state index contributed by atoms with van der Waals surface area (Å²) < 4.78 is 1.77. The van der Waals surface area contributed by atoms with E-state index in [2.05, 4.69) is 10.00 Å². The summed E-state index contributed by atoms with van der Waals surface area (Å²) in [5, 5.41) is 4.26. The van der Waals surface area contributed by atoms with Crippen LogP contribution < -0.4 is 0 Å². The number of hydrogen-bond donors (Lipinski definition) is 0. The van der Waals surface area contributed by atoms with Crippen molar-refractivity contribution in [3.8, 4) is 0 Å². The van der Waals surface area contributed by atoms with Gasteiger partial charge in [-0.1, -0.05) is 6.92 Å². The van der Waals surface area contributed by atoms with E-state index in [9.17, 15) is 9.59 Å². The van der Waals surface area contributed by atoms with Gasteiger partial charge >= 0.3 is 0 Å². The topological polar surface area (TPSA) is 61.7 Å². The lowest BCUT2D eigenvalue weighted by Gasteiger charge is -2.48. The molecular formula is C20H33N5O2. The molecule has 2 aliphatic heterocycles. The van der Waals surface area contributed by atoms with E-state index in [1.54, 1.807) is 10.9 Å². The quantitative estimate of drug-likeness (QED) is 0.758. The molecule has 3 heterocycles. The van der Waals surface area contributed by atoms with Crippen LogP contribution in [0.1, 0.15) is 45.1 Å². The lowest BCUT2D eigenvalue weighted by molar-refractivity contribution is -0.144. The Balaban J connectivity index is 1.59. The number of carbonyl (C=O) groups excluding carboxylic acids is 2. The zero-order valence-corrected chi connectivity index (χ0v) is 16.9. The second-order valence-electron chi connectivity index (χ2n) is 8.35. The van der Waals surface area contributed by atoms with Crippen molar-refractivity contribution in [3.05, 3.63) is 18.5 Å². The van der Waals surface area contributed by atoms with Crippen molar-refractivity contribution in [2.75, 3.05) is 46.8 Å². The first-order valence-corrected chi connectivity index (χ1v) is 10.1. The molecule has 7 nitrogen and oxygen atoms in total. The second kappa shape index (κ2) is 8.42. The van der Waals surface area contributed by atoms with Gasteiger partial charge < -0.3 is 14.7 Å². The highest BCUT2D eigenvalue weighted by molar-refractivity contribution is 5.80. The Bertz CT molecular complexity index is 635. The van der Waals surface area contributed by atoms with Crippen LogP contribution >= 0.6 is 0 Å². The fourth-order valence-corrected chi connectivity index (χ4v) is 4.39. The number of piperidine rings is 2. The van der Waals surface area contributed by atoms with Crippen LogP contribution in [0.2, 0.25) is 0 Å². The molecular weight excluding hydrogens is 342 g/mol. The summed E-state index contributed by atoms with van der Waals surface area (Å²) in [7, 11) is 4.08. The zero-order chi connectivity index (χ0) is 19.4. The van der Waals surface area contributed by atoms with E-state index in [4.69, 9.17) is 0 Å². The molecule has 1 aromatic rings. The highest BCUT2D eigenvalue weighted by atomic mass is 16.2. The molecule has 0 unspecified atom stereocenters. The Morgan fingerprint density at radius 3 is 2.63 bits per heavy atom. The lowest BCUT2D eigenvalue weighted by atomic mass is 9.72. The standard InChI is InChI=1S/C20H33N5O2/c1-4-17(25-11-5-10-21-25)19(27)23-12-8-20(9-13-23)7-6-18(26)24(16-20)15-14-22(2)3/h5,10-11,17H,4,6-9,12-16H2,1-3H3/t17-/m1/s1. The van der Waals surface area contributed by atoms with Gasteiger partial charge in [-0.15, -0.1) is 0 Å². The molecule has 7 heteroatoms. The SMILES string of the molecule is CC[C@H](C(=O)N1CCC2(CCC(=O)N(CCN(C)C)C2)CC1)n1cccn1. The predicted octanol–water partition coefficient (Wildman–Crippen LogP) is 1.63. The van der Waals surface area contributed by atoms with Crippen molar-refractivity contribution in [2.24, 2.45) is 5.41 Å². The van der Waals surface area contributed by atoms with Crippen molar-refractivity contribution in [2.45, 2.75) is 45.1 Å². The highest BCUT2D eigenvalue weighted by Gasteiger charge is 2.42. The molecule has 0 radical (unpaired) electrons. The van der Waals surface area contributed by atoms with Gasteiger partial charge in [0.1, 0.15) is 6.04 Å². The minimum Gasteiger partial charge on any atom is -0.341 e. The summed E-state index contributed by atoms with van der Waals surface area (Å²) in [6.07, 6.45) is 7.92.